The molecular weight excluding hydrogens is 234 g/mol. The standard InChI is InChI=1S/C15H10F2O/c16-11-3-5-12(14(17)8-11)9-1-4-13-10(7-9)2-6-15(13)18/h1,3-5,7-8H,2,6H2. The Hall–Kier alpha value is -2.03. The number of carbonyl (C=O) groups excluding carboxylic acids is 1. The van der Waals surface area contributed by atoms with E-state index in [9.17, 15) is 13.6 Å². The minimum absolute atomic E-state index is 0.135. The molecule has 0 bridgehead atoms. The molecule has 0 aliphatic heterocycles. The summed E-state index contributed by atoms with van der Waals surface area (Å²) < 4.78 is 26.5. The molecule has 1 aliphatic carbocycles. The summed E-state index contributed by atoms with van der Waals surface area (Å²) in [6, 6.07) is 8.77. The normalized spacial score (nSPS) is 13.8. The van der Waals surface area contributed by atoms with Crippen molar-refractivity contribution in [1.82, 2.24) is 0 Å². The maximum absolute atomic E-state index is 13.7. The highest BCUT2D eigenvalue weighted by atomic mass is 19.1. The Morgan fingerprint density at radius 2 is 1.67 bits per heavy atom. The number of ketones is 1. The Bertz CT molecular complexity index is 647. The summed E-state index contributed by atoms with van der Waals surface area (Å²) in [5, 5.41) is 0. The van der Waals surface area contributed by atoms with Gasteiger partial charge in [-0.3, -0.25) is 4.79 Å². The molecule has 1 nitrogen and oxygen atoms in total. The van der Waals surface area contributed by atoms with Crippen LogP contribution in [0, 0.1) is 11.6 Å². The maximum atomic E-state index is 13.7. The van der Waals surface area contributed by atoms with Crippen molar-refractivity contribution in [1.29, 1.82) is 0 Å². The molecule has 0 atom stereocenters. The van der Waals surface area contributed by atoms with E-state index in [2.05, 4.69) is 0 Å². The van der Waals surface area contributed by atoms with E-state index in [1.807, 2.05) is 6.07 Å². The summed E-state index contributed by atoms with van der Waals surface area (Å²) in [5.74, 6) is -1.04. The fraction of sp³-hybridized carbons (Fsp3) is 0.133. The van der Waals surface area contributed by atoms with E-state index in [0.29, 0.717) is 24.0 Å². The minimum Gasteiger partial charge on any atom is -0.294 e. The van der Waals surface area contributed by atoms with Gasteiger partial charge >= 0.3 is 0 Å². The van der Waals surface area contributed by atoms with E-state index < -0.39 is 11.6 Å². The molecule has 3 heteroatoms. The average Bonchev–Trinajstić information content (AvgIpc) is 2.71. The van der Waals surface area contributed by atoms with Crippen LogP contribution in [0.4, 0.5) is 8.78 Å². The highest BCUT2D eigenvalue weighted by molar-refractivity contribution is 6.00. The summed E-state index contributed by atoms with van der Waals surface area (Å²) in [6.07, 6.45) is 1.22. The number of rotatable bonds is 1. The Kier molecular flexibility index (Phi) is 2.47. The lowest BCUT2D eigenvalue weighted by Crippen LogP contribution is -1.92. The Morgan fingerprint density at radius 3 is 2.44 bits per heavy atom. The van der Waals surface area contributed by atoms with Gasteiger partial charge in [-0.05, 0) is 29.7 Å². The fourth-order valence-electron chi connectivity index (χ4n) is 2.35. The first kappa shape index (κ1) is 11.1. The predicted octanol–water partition coefficient (Wildman–Crippen LogP) is 3.76. The first-order valence-electron chi connectivity index (χ1n) is 5.77. The molecule has 0 fully saturated rings. The number of Topliss-reactive ketones (excluding diaryl/α,β-unsaturated/α-hetero) is 1. The Labute approximate surface area is 103 Å². The van der Waals surface area contributed by atoms with Gasteiger partial charge < -0.3 is 0 Å². The Balaban J connectivity index is 2.10. The van der Waals surface area contributed by atoms with Crippen molar-refractivity contribution >= 4 is 5.78 Å². The van der Waals surface area contributed by atoms with E-state index in [-0.39, 0.29) is 5.78 Å². The van der Waals surface area contributed by atoms with Crippen LogP contribution in [0.2, 0.25) is 0 Å². The molecule has 90 valence electrons. The second kappa shape index (κ2) is 4.02. The summed E-state index contributed by atoms with van der Waals surface area (Å²) >= 11 is 0. The van der Waals surface area contributed by atoms with Gasteiger partial charge in [0.25, 0.3) is 0 Å². The van der Waals surface area contributed by atoms with Gasteiger partial charge in [0.1, 0.15) is 11.6 Å². The van der Waals surface area contributed by atoms with Crippen LogP contribution >= 0.6 is 0 Å². The number of carbonyl (C=O) groups is 1. The summed E-state index contributed by atoms with van der Waals surface area (Å²) in [6.45, 7) is 0. The molecular formula is C15H10F2O. The van der Waals surface area contributed by atoms with Crippen LogP contribution in [-0.2, 0) is 6.42 Å². The summed E-state index contributed by atoms with van der Waals surface area (Å²) in [5.41, 5.74) is 2.71. The molecule has 0 saturated heterocycles. The Morgan fingerprint density at radius 1 is 0.889 bits per heavy atom. The third-order valence-corrected chi connectivity index (χ3v) is 3.27. The van der Waals surface area contributed by atoms with Crippen molar-refractivity contribution in [3.05, 3.63) is 59.2 Å². The second-order valence-electron chi connectivity index (χ2n) is 4.42. The van der Waals surface area contributed by atoms with Crippen molar-refractivity contribution in [3.63, 3.8) is 0 Å². The first-order valence-corrected chi connectivity index (χ1v) is 5.77. The predicted molar refractivity (Wildman–Crippen MR) is 64.4 cm³/mol. The molecule has 2 aromatic carbocycles. The molecule has 0 spiro atoms. The van der Waals surface area contributed by atoms with Crippen molar-refractivity contribution in [2.75, 3.05) is 0 Å². The summed E-state index contributed by atoms with van der Waals surface area (Å²) in [7, 11) is 0. The minimum atomic E-state index is -0.590. The number of fused-ring (bicyclic) bond motifs is 1. The highest BCUT2D eigenvalue weighted by Gasteiger charge is 2.20. The van der Waals surface area contributed by atoms with Crippen molar-refractivity contribution < 1.29 is 13.6 Å². The van der Waals surface area contributed by atoms with Crippen LogP contribution in [0.3, 0.4) is 0 Å². The van der Waals surface area contributed by atoms with Crippen molar-refractivity contribution in [2.24, 2.45) is 0 Å². The zero-order chi connectivity index (χ0) is 12.7. The maximum Gasteiger partial charge on any atom is 0.163 e. The number of hydrogen-bond donors (Lipinski definition) is 0. The van der Waals surface area contributed by atoms with Gasteiger partial charge in [-0.25, -0.2) is 8.78 Å². The molecule has 18 heavy (non-hydrogen) atoms. The monoisotopic (exact) mass is 244 g/mol. The molecule has 0 heterocycles. The zero-order valence-corrected chi connectivity index (χ0v) is 9.54. The van der Waals surface area contributed by atoms with Gasteiger partial charge in [0.2, 0.25) is 0 Å². The molecule has 0 N–H and O–H groups in total. The molecule has 2 aromatic rings. The lowest BCUT2D eigenvalue weighted by Gasteiger charge is -2.06. The third-order valence-electron chi connectivity index (χ3n) is 3.27. The van der Waals surface area contributed by atoms with Crippen LogP contribution in [-0.4, -0.2) is 5.78 Å². The first-order chi connectivity index (χ1) is 8.65. The van der Waals surface area contributed by atoms with E-state index in [1.54, 1.807) is 12.1 Å². The van der Waals surface area contributed by atoms with Crippen LogP contribution in [0.1, 0.15) is 22.3 Å². The van der Waals surface area contributed by atoms with Gasteiger partial charge in [0.05, 0.1) is 0 Å². The summed E-state index contributed by atoms with van der Waals surface area (Å²) in [4.78, 5) is 11.5. The van der Waals surface area contributed by atoms with Crippen LogP contribution in [0.15, 0.2) is 36.4 Å². The molecule has 1 aliphatic rings. The number of halogens is 2. The van der Waals surface area contributed by atoms with Crippen molar-refractivity contribution in [2.45, 2.75) is 12.8 Å². The topological polar surface area (TPSA) is 17.1 Å². The molecule has 0 amide bonds. The van der Waals surface area contributed by atoms with Gasteiger partial charge in [-0.1, -0.05) is 18.2 Å². The van der Waals surface area contributed by atoms with Gasteiger partial charge in [-0.2, -0.15) is 0 Å². The van der Waals surface area contributed by atoms with Gasteiger partial charge in [0, 0.05) is 23.6 Å². The van der Waals surface area contributed by atoms with Crippen LogP contribution in [0.5, 0.6) is 0 Å². The van der Waals surface area contributed by atoms with Gasteiger partial charge in [0.15, 0.2) is 5.78 Å². The van der Waals surface area contributed by atoms with E-state index in [0.717, 1.165) is 17.2 Å². The highest BCUT2D eigenvalue weighted by Crippen LogP contribution is 2.29. The van der Waals surface area contributed by atoms with E-state index >= 15 is 0 Å². The number of aryl methyl sites for hydroxylation is 1. The smallest absolute Gasteiger partial charge is 0.163 e. The third kappa shape index (κ3) is 1.72. The molecule has 3 rings (SSSR count). The number of hydrogen-bond acceptors (Lipinski definition) is 1. The van der Waals surface area contributed by atoms with Gasteiger partial charge in [-0.15, -0.1) is 0 Å². The van der Waals surface area contributed by atoms with Crippen molar-refractivity contribution in [3.8, 4) is 11.1 Å². The molecule has 0 saturated carbocycles. The largest absolute Gasteiger partial charge is 0.294 e. The lowest BCUT2D eigenvalue weighted by atomic mass is 10.00. The quantitative estimate of drug-likeness (QED) is 0.746. The fourth-order valence-corrected chi connectivity index (χ4v) is 2.35. The van der Waals surface area contributed by atoms with E-state index in [4.69, 9.17) is 0 Å². The van der Waals surface area contributed by atoms with Crippen LogP contribution < -0.4 is 0 Å². The zero-order valence-electron chi connectivity index (χ0n) is 9.54. The van der Waals surface area contributed by atoms with Crippen LogP contribution in [0.25, 0.3) is 11.1 Å². The van der Waals surface area contributed by atoms with E-state index in [1.165, 1.54) is 12.1 Å². The molecule has 0 unspecified atom stereocenters. The SMILES string of the molecule is O=C1CCc2cc(-c3ccc(F)cc3F)ccc21. The molecule has 0 aromatic heterocycles. The average molecular weight is 244 g/mol. The molecule has 0 radical (unpaired) electrons. The second-order valence-corrected chi connectivity index (χ2v) is 4.42. The lowest BCUT2D eigenvalue weighted by molar-refractivity contribution is 0.0994. The number of benzene rings is 2.